The highest BCUT2D eigenvalue weighted by molar-refractivity contribution is 7.88. The molecule has 0 unspecified atom stereocenters. The molecule has 1 heterocycles. The molecule has 1 saturated heterocycles. The van der Waals surface area contributed by atoms with Gasteiger partial charge in [-0.05, 0) is 53.6 Å². The summed E-state index contributed by atoms with van der Waals surface area (Å²) >= 11 is 12.1. The monoisotopic (exact) mass is 586 g/mol. The molecule has 206 valence electrons. The van der Waals surface area contributed by atoms with Crippen molar-refractivity contribution in [1.82, 2.24) is 4.31 Å². The van der Waals surface area contributed by atoms with Gasteiger partial charge in [-0.25, -0.2) is 12.7 Å². The van der Waals surface area contributed by atoms with Crippen LogP contribution in [0.2, 0.25) is 10.0 Å². The average Bonchev–Trinajstić information content (AvgIpc) is 2.89. The molecule has 0 aromatic heterocycles. The van der Waals surface area contributed by atoms with Crippen molar-refractivity contribution in [1.29, 1.82) is 0 Å². The molecule has 0 spiro atoms. The molecule has 0 aliphatic carbocycles. The first kappa shape index (κ1) is 29.3. The zero-order chi connectivity index (χ0) is 28.4. The highest BCUT2D eigenvalue weighted by atomic mass is 35.5. The summed E-state index contributed by atoms with van der Waals surface area (Å²) in [5, 5.41) is 3.66. The van der Waals surface area contributed by atoms with E-state index in [0.29, 0.717) is 45.3 Å². The number of carbonyl (C=O) groups excluding carboxylic acids is 2. The summed E-state index contributed by atoms with van der Waals surface area (Å²) in [7, 11) is -3.60. The number of hydrogen-bond acceptors (Lipinski definition) is 4. The first-order valence-electron chi connectivity index (χ1n) is 12.8. The van der Waals surface area contributed by atoms with Crippen molar-refractivity contribution in [3.63, 3.8) is 0 Å². The van der Waals surface area contributed by atoms with Crippen molar-refractivity contribution in [2.24, 2.45) is 5.92 Å². The Morgan fingerprint density at radius 1 is 0.923 bits per heavy atom. The number of hydrogen-bond donors (Lipinski definition) is 1. The van der Waals surface area contributed by atoms with Crippen LogP contribution < -0.4 is 5.32 Å². The summed E-state index contributed by atoms with van der Waals surface area (Å²) in [5.74, 6) is -0.864. The Morgan fingerprint density at radius 2 is 1.59 bits per heavy atom. The lowest BCUT2D eigenvalue weighted by Crippen LogP contribution is -2.41. The van der Waals surface area contributed by atoms with Crippen LogP contribution in [0.15, 0.2) is 66.7 Å². The van der Waals surface area contributed by atoms with E-state index in [-0.39, 0.29) is 41.9 Å². The summed E-state index contributed by atoms with van der Waals surface area (Å²) in [4.78, 5) is 26.0. The Hall–Kier alpha value is -2.71. The number of rotatable bonds is 7. The van der Waals surface area contributed by atoms with Crippen molar-refractivity contribution in [2.75, 3.05) is 18.4 Å². The number of ketones is 1. The van der Waals surface area contributed by atoms with Crippen molar-refractivity contribution >= 4 is 50.6 Å². The van der Waals surface area contributed by atoms with Gasteiger partial charge in [0.2, 0.25) is 15.9 Å². The van der Waals surface area contributed by atoms with Crippen molar-refractivity contribution < 1.29 is 18.0 Å². The Labute approximate surface area is 240 Å². The largest absolute Gasteiger partial charge is 0.326 e. The Balaban J connectivity index is 1.35. The second-order valence-electron chi connectivity index (χ2n) is 10.9. The van der Waals surface area contributed by atoms with Gasteiger partial charge in [0.25, 0.3) is 0 Å². The third-order valence-electron chi connectivity index (χ3n) is 6.98. The fraction of sp³-hybridized carbons (Fsp3) is 0.333. The first-order valence-corrected chi connectivity index (χ1v) is 15.2. The summed E-state index contributed by atoms with van der Waals surface area (Å²) in [6, 6.07) is 19.2. The van der Waals surface area contributed by atoms with E-state index in [1.807, 2.05) is 24.3 Å². The number of nitrogens with one attached hydrogen (secondary N) is 1. The molecule has 0 radical (unpaired) electrons. The smallest absolute Gasteiger partial charge is 0.227 e. The van der Waals surface area contributed by atoms with Crippen LogP contribution in [0.5, 0.6) is 0 Å². The molecule has 0 atom stereocenters. The first-order chi connectivity index (χ1) is 18.3. The topological polar surface area (TPSA) is 83.6 Å². The van der Waals surface area contributed by atoms with Gasteiger partial charge in [0.15, 0.2) is 5.78 Å². The molecule has 1 fully saturated rings. The van der Waals surface area contributed by atoms with E-state index in [0.717, 1.165) is 5.56 Å². The number of amides is 1. The lowest BCUT2D eigenvalue weighted by atomic mass is 9.86. The maximum atomic E-state index is 13.1. The van der Waals surface area contributed by atoms with Crippen LogP contribution in [0.3, 0.4) is 0 Å². The Bertz CT molecular complexity index is 1470. The second-order valence-corrected chi connectivity index (χ2v) is 13.7. The predicted molar refractivity (Wildman–Crippen MR) is 157 cm³/mol. The van der Waals surface area contributed by atoms with E-state index in [1.165, 1.54) is 10.4 Å². The van der Waals surface area contributed by atoms with E-state index in [4.69, 9.17) is 23.2 Å². The number of benzene rings is 3. The van der Waals surface area contributed by atoms with Gasteiger partial charge in [-0.1, -0.05) is 86.4 Å². The standard InChI is InChI=1S/C30H32Cl2N2O4S/c1-30(2,3)24-10-7-20(8-11-24)28(35)22-5-4-6-26(17-22)33-29(36)21-13-15-34(16-14-21)39(37,38)19-23-9-12-25(31)18-27(23)32/h4-12,17-18,21H,13-16,19H2,1-3H3,(H,33,36). The van der Waals surface area contributed by atoms with Crippen LogP contribution in [-0.4, -0.2) is 37.5 Å². The summed E-state index contributed by atoms with van der Waals surface area (Å²) in [6.07, 6.45) is 0.802. The maximum absolute atomic E-state index is 13.1. The van der Waals surface area contributed by atoms with E-state index in [1.54, 1.807) is 36.4 Å². The molecular formula is C30H32Cl2N2O4S. The lowest BCUT2D eigenvalue weighted by molar-refractivity contribution is -0.120. The van der Waals surface area contributed by atoms with Crippen molar-refractivity contribution in [3.05, 3.63) is 99.0 Å². The molecule has 1 N–H and O–H groups in total. The Morgan fingerprint density at radius 3 is 2.21 bits per heavy atom. The molecule has 6 nitrogen and oxygen atoms in total. The van der Waals surface area contributed by atoms with Crippen LogP contribution in [-0.2, 0) is 26.0 Å². The maximum Gasteiger partial charge on any atom is 0.227 e. The van der Waals surface area contributed by atoms with E-state index in [2.05, 4.69) is 26.1 Å². The molecule has 39 heavy (non-hydrogen) atoms. The van der Waals surface area contributed by atoms with Crippen LogP contribution in [0.25, 0.3) is 0 Å². The van der Waals surface area contributed by atoms with Gasteiger partial charge in [-0.3, -0.25) is 9.59 Å². The molecule has 3 aromatic carbocycles. The molecule has 1 aliphatic heterocycles. The summed E-state index contributed by atoms with van der Waals surface area (Å²) in [5.41, 5.74) is 3.23. The average molecular weight is 588 g/mol. The predicted octanol–water partition coefficient (Wildman–Crippen LogP) is 6.70. The van der Waals surface area contributed by atoms with Crippen LogP contribution in [0.1, 0.15) is 60.7 Å². The zero-order valence-corrected chi connectivity index (χ0v) is 24.5. The summed E-state index contributed by atoms with van der Waals surface area (Å²) in [6.45, 7) is 6.85. The highest BCUT2D eigenvalue weighted by Crippen LogP contribution is 2.27. The highest BCUT2D eigenvalue weighted by Gasteiger charge is 2.31. The minimum Gasteiger partial charge on any atom is -0.326 e. The van der Waals surface area contributed by atoms with Crippen molar-refractivity contribution in [2.45, 2.75) is 44.8 Å². The van der Waals surface area contributed by atoms with E-state index >= 15 is 0 Å². The van der Waals surface area contributed by atoms with Gasteiger partial charge in [-0.2, -0.15) is 0 Å². The lowest BCUT2D eigenvalue weighted by Gasteiger charge is -2.30. The van der Waals surface area contributed by atoms with Gasteiger partial charge >= 0.3 is 0 Å². The van der Waals surface area contributed by atoms with Gasteiger partial charge in [0.1, 0.15) is 0 Å². The number of carbonyl (C=O) groups is 2. The summed E-state index contributed by atoms with van der Waals surface area (Å²) < 4.78 is 27.3. The van der Waals surface area contributed by atoms with Gasteiger partial charge in [0.05, 0.1) is 5.75 Å². The number of nitrogens with zero attached hydrogens (tertiary/aromatic N) is 1. The van der Waals surface area contributed by atoms with E-state index < -0.39 is 10.0 Å². The van der Waals surface area contributed by atoms with Gasteiger partial charge < -0.3 is 5.32 Å². The fourth-order valence-corrected chi connectivity index (χ4v) is 6.74. The zero-order valence-electron chi connectivity index (χ0n) is 22.2. The fourth-order valence-electron chi connectivity index (χ4n) is 4.59. The molecule has 0 bridgehead atoms. The molecule has 1 amide bonds. The van der Waals surface area contributed by atoms with E-state index in [9.17, 15) is 18.0 Å². The SMILES string of the molecule is CC(C)(C)c1ccc(C(=O)c2cccc(NC(=O)C3CCN(S(=O)(=O)Cc4ccc(Cl)cc4Cl)CC3)c2)cc1. The van der Waals surface area contributed by atoms with Crippen molar-refractivity contribution in [3.8, 4) is 0 Å². The third-order valence-corrected chi connectivity index (χ3v) is 9.39. The second kappa shape index (κ2) is 11.8. The minimum absolute atomic E-state index is 0.00344. The molecule has 9 heteroatoms. The van der Waals surface area contributed by atoms with Gasteiger partial charge in [-0.15, -0.1) is 0 Å². The van der Waals surface area contributed by atoms with Crippen LogP contribution in [0, 0.1) is 5.92 Å². The van der Waals surface area contributed by atoms with Crippen LogP contribution in [0.4, 0.5) is 5.69 Å². The minimum atomic E-state index is -3.60. The number of anilines is 1. The third kappa shape index (κ3) is 7.28. The quantitative estimate of drug-likeness (QED) is 0.312. The molecule has 1 aliphatic rings. The van der Waals surface area contributed by atoms with Gasteiger partial charge in [0, 0.05) is 45.9 Å². The molecule has 3 aromatic rings. The number of halogens is 2. The molecular weight excluding hydrogens is 555 g/mol. The Kier molecular flexibility index (Phi) is 8.86. The number of sulfonamides is 1. The molecule has 4 rings (SSSR count). The molecule has 0 saturated carbocycles. The normalized spacial score (nSPS) is 15.2. The number of piperidine rings is 1. The van der Waals surface area contributed by atoms with Crippen LogP contribution >= 0.6 is 23.2 Å².